The van der Waals surface area contributed by atoms with Gasteiger partial charge in [0.05, 0.1) is 18.8 Å². The number of rotatable bonds is 5. The van der Waals surface area contributed by atoms with E-state index >= 15 is 0 Å². The van der Waals surface area contributed by atoms with Crippen molar-refractivity contribution in [3.8, 4) is 5.69 Å². The molecule has 1 saturated heterocycles. The van der Waals surface area contributed by atoms with E-state index < -0.39 is 0 Å². The molecule has 8 nitrogen and oxygen atoms in total. The van der Waals surface area contributed by atoms with Crippen molar-refractivity contribution in [1.82, 2.24) is 29.9 Å². The fraction of sp³-hybridized carbons (Fsp3) is 0.474. The van der Waals surface area contributed by atoms with Gasteiger partial charge >= 0.3 is 0 Å². The van der Waals surface area contributed by atoms with Crippen LogP contribution in [0.1, 0.15) is 25.3 Å². The topological polar surface area (TPSA) is 78.7 Å². The van der Waals surface area contributed by atoms with E-state index in [0.717, 1.165) is 49.7 Å². The maximum absolute atomic E-state index is 12.4. The Bertz CT molecular complexity index is 819. The molecule has 1 aliphatic heterocycles. The molecule has 2 aromatic rings. The lowest BCUT2D eigenvalue weighted by Gasteiger charge is -2.36. The molecule has 150 valence electrons. The Morgan fingerprint density at radius 2 is 2.18 bits per heavy atom. The van der Waals surface area contributed by atoms with Crippen LogP contribution in [-0.2, 0) is 11.3 Å². The van der Waals surface area contributed by atoms with Crippen LogP contribution in [-0.4, -0.2) is 68.7 Å². The van der Waals surface area contributed by atoms with E-state index in [0.29, 0.717) is 19.1 Å². The Labute approximate surface area is 182 Å². The minimum Gasteiger partial charge on any atom is -0.356 e. The van der Waals surface area contributed by atoms with Crippen molar-refractivity contribution in [2.24, 2.45) is 4.99 Å². The number of nitrogens with zero attached hydrogens (tertiary/aromatic N) is 6. The number of hydrogen-bond acceptors (Lipinski definition) is 4. The number of carbonyl (C=O) groups excluding carboxylic acids is 1. The van der Waals surface area contributed by atoms with Gasteiger partial charge in [-0.15, -0.1) is 24.0 Å². The molecule has 2 fully saturated rings. The number of halogens is 1. The van der Waals surface area contributed by atoms with Crippen molar-refractivity contribution < 1.29 is 4.79 Å². The molecule has 9 heteroatoms. The first-order chi connectivity index (χ1) is 13.2. The summed E-state index contributed by atoms with van der Waals surface area (Å²) in [6.07, 6.45) is 5.51. The Morgan fingerprint density at radius 1 is 1.32 bits per heavy atom. The van der Waals surface area contributed by atoms with Gasteiger partial charge in [-0.2, -0.15) is 5.10 Å². The Balaban J connectivity index is 0.00000225. The van der Waals surface area contributed by atoms with E-state index in [4.69, 9.17) is 4.99 Å². The Hall–Kier alpha value is -2.17. The van der Waals surface area contributed by atoms with E-state index in [1.165, 1.54) is 6.33 Å². The molecular formula is C19H26IN7O. The molecular weight excluding hydrogens is 469 g/mol. The predicted molar refractivity (Wildman–Crippen MR) is 118 cm³/mol. The molecule has 0 unspecified atom stereocenters. The van der Waals surface area contributed by atoms with Gasteiger partial charge in [0.1, 0.15) is 12.7 Å². The van der Waals surface area contributed by atoms with Crippen molar-refractivity contribution in [2.75, 3.05) is 26.2 Å². The highest BCUT2D eigenvalue weighted by molar-refractivity contribution is 14.0. The van der Waals surface area contributed by atoms with E-state index in [-0.39, 0.29) is 29.9 Å². The van der Waals surface area contributed by atoms with Gasteiger partial charge < -0.3 is 15.1 Å². The third-order valence-electron chi connectivity index (χ3n) is 4.88. The second-order valence-electron chi connectivity index (χ2n) is 6.92. The molecule has 0 bridgehead atoms. The fourth-order valence-electron chi connectivity index (χ4n) is 3.37. The van der Waals surface area contributed by atoms with Gasteiger partial charge in [-0.25, -0.2) is 14.7 Å². The van der Waals surface area contributed by atoms with Crippen LogP contribution in [0.2, 0.25) is 0 Å². The highest BCUT2D eigenvalue weighted by atomic mass is 127. The number of piperazine rings is 1. The minimum absolute atomic E-state index is 0. The third-order valence-corrected chi connectivity index (χ3v) is 4.88. The summed E-state index contributed by atoms with van der Waals surface area (Å²) in [5.74, 6) is 1.01. The molecule has 1 aromatic carbocycles. The van der Waals surface area contributed by atoms with Crippen LogP contribution in [0.25, 0.3) is 5.69 Å². The molecule has 1 saturated carbocycles. The summed E-state index contributed by atoms with van der Waals surface area (Å²) in [4.78, 5) is 25.3. The molecule has 2 heterocycles. The summed E-state index contributed by atoms with van der Waals surface area (Å²) in [6.45, 7) is 5.38. The number of aromatic nitrogens is 3. The average molecular weight is 495 g/mol. The van der Waals surface area contributed by atoms with Gasteiger partial charge in [-0.05, 0) is 37.5 Å². The van der Waals surface area contributed by atoms with Crippen molar-refractivity contribution in [1.29, 1.82) is 0 Å². The molecule has 0 radical (unpaired) electrons. The summed E-state index contributed by atoms with van der Waals surface area (Å²) < 4.78 is 1.73. The molecule has 0 spiro atoms. The van der Waals surface area contributed by atoms with Crippen LogP contribution in [0.4, 0.5) is 0 Å². The van der Waals surface area contributed by atoms with Gasteiger partial charge in [-0.1, -0.05) is 12.1 Å². The summed E-state index contributed by atoms with van der Waals surface area (Å²) in [5, 5.41) is 7.49. The van der Waals surface area contributed by atoms with Gasteiger partial charge in [0, 0.05) is 25.7 Å². The van der Waals surface area contributed by atoms with Gasteiger partial charge in [0.15, 0.2) is 5.96 Å². The number of carbonyl (C=O) groups is 1. The monoisotopic (exact) mass is 495 g/mol. The minimum atomic E-state index is 0. The zero-order chi connectivity index (χ0) is 18.6. The smallest absolute Gasteiger partial charge is 0.242 e. The average Bonchev–Trinajstić information content (AvgIpc) is 3.37. The Kier molecular flexibility index (Phi) is 6.87. The normalized spacial score (nSPS) is 17.5. The molecule has 4 rings (SSSR count). The predicted octanol–water partition coefficient (Wildman–Crippen LogP) is 1.66. The van der Waals surface area contributed by atoms with Crippen LogP contribution in [0.15, 0.2) is 41.9 Å². The van der Waals surface area contributed by atoms with E-state index in [1.54, 1.807) is 11.0 Å². The molecule has 1 aromatic heterocycles. The summed E-state index contributed by atoms with van der Waals surface area (Å²) in [6, 6.07) is 8.57. The lowest BCUT2D eigenvalue weighted by molar-refractivity contribution is -0.135. The zero-order valence-electron chi connectivity index (χ0n) is 16.0. The first kappa shape index (κ1) is 20.6. The van der Waals surface area contributed by atoms with Crippen molar-refractivity contribution in [3.05, 3.63) is 42.5 Å². The molecule has 1 aliphatic carbocycles. The largest absolute Gasteiger partial charge is 0.356 e. The molecule has 1 amide bonds. The number of aliphatic imine (C=N–C) groups is 1. The van der Waals surface area contributed by atoms with E-state index in [1.807, 2.05) is 30.0 Å². The molecule has 28 heavy (non-hydrogen) atoms. The van der Waals surface area contributed by atoms with E-state index in [9.17, 15) is 4.79 Å². The van der Waals surface area contributed by atoms with Crippen LogP contribution >= 0.6 is 24.0 Å². The first-order valence-corrected chi connectivity index (χ1v) is 9.51. The standard InChI is InChI=1S/C19H25N7O.HI/c1-2-21-19(24-8-9-25(16-6-7-16)18(27)12-24)22-11-15-4-3-5-17(10-15)26-14-20-13-23-26;/h3-5,10,13-14,16H,2,6-9,11-12H2,1H3,(H,21,22);1H. The highest BCUT2D eigenvalue weighted by Crippen LogP contribution is 2.28. The van der Waals surface area contributed by atoms with Gasteiger partial charge in [0.25, 0.3) is 0 Å². The lowest BCUT2D eigenvalue weighted by Crippen LogP contribution is -2.55. The van der Waals surface area contributed by atoms with Crippen LogP contribution < -0.4 is 5.32 Å². The second-order valence-corrected chi connectivity index (χ2v) is 6.92. The molecule has 2 aliphatic rings. The van der Waals surface area contributed by atoms with Crippen LogP contribution in [0.3, 0.4) is 0 Å². The summed E-state index contributed by atoms with van der Waals surface area (Å²) >= 11 is 0. The third kappa shape index (κ3) is 4.81. The number of benzene rings is 1. The lowest BCUT2D eigenvalue weighted by atomic mass is 10.2. The van der Waals surface area contributed by atoms with Gasteiger partial charge in [-0.3, -0.25) is 4.79 Å². The first-order valence-electron chi connectivity index (χ1n) is 9.51. The number of nitrogens with one attached hydrogen (secondary N) is 1. The second kappa shape index (κ2) is 9.35. The SMILES string of the molecule is CCNC(=NCc1cccc(-n2cncn2)c1)N1CCN(C2CC2)C(=O)C1.I. The number of amides is 1. The van der Waals surface area contributed by atoms with Crippen LogP contribution in [0.5, 0.6) is 0 Å². The van der Waals surface area contributed by atoms with Gasteiger partial charge in [0.2, 0.25) is 5.91 Å². The number of hydrogen-bond donors (Lipinski definition) is 1. The molecule has 0 atom stereocenters. The van der Waals surface area contributed by atoms with E-state index in [2.05, 4.69) is 26.4 Å². The maximum atomic E-state index is 12.4. The highest BCUT2D eigenvalue weighted by Gasteiger charge is 2.36. The maximum Gasteiger partial charge on any atom is 0.242 e. The van der Waals surface area contributed by atoms with Crippen molar-refractivity contribution in [2.45, 2.75) is 32.4 Å². The fourth-order valence-corrected chi connectivity index (χ4v) is 3.37. The number of guanidine groups is 1. The Morgan fingerprint density at radius 3 is 2.86 bits per heavy atom. The summed E-state index contributed by atoms with van der Waals surface area (Å²) in [7, 11) is 0. The molecule has 1 N–H and O–H groups in total. The quantitative estimate of drug-likeness (QED) is 0.388. The van der Waals surface area contributed by atoms with Crippen molar-refractivity contribution >= 4 is 35.8 Å². The zero-order valence-corrected chi connectivity index (χ0v) is 18.3. The van der Waals surface area contributed by atoms with Crippen LogP contribution in [0, 0.1) is 0 Å². The summed E-state index contributed by atoms with van der Waals surface area (Å²) in [5.41, 5.74) is 2.04. The van der Waals surface area contributed by atoms with Crippen molar-refractivity contribution in [3.63, 3.8) is 0 Å².